The molecular formula is C25H25N5OS. The Morgan fingerprint density at radius 1 is 1.09 bits per heavy atom. The van der Waals surface area contributed by atoms with Gasteiger partial charge in [-0.3, -0.25) is 4.79 Å². The van der Waals surface area contributed by atoms with Crippen LogP contribution in [0.4, 0.5) is 0 Å². The molecule has 1 fully saturated rings. The van der Waals surface area contributed by atoms with Gasteiger partial charge in [0.2, 0.25) is 5.91 Å². The topological polar surface area (TPSA) is 63.9 Å². The molecule has 7 heteroatoms. The van der Waals surface area contributed by atoms with Crippen molar-refractivity contribution in [3.63, 3.8) is 0 Å². The molecule has 6 nitrogen and oxygen atoms in total. The summed E-state index contributed by atoms with van der Waals surface area (Å²) in [4.78, 5) is 19.2. The van der Waals surface area contributed by atoms with Crippen LogP contribution in [0.5, 0.6) is 0 Å². The van der Waals surface area contributed by atoms with Gasteiger partial charge in [-0.25, -0.2) is 4.98 Å². The van der Waals surface area contributed by atoms with E-state index < -0.39 is 0 Å². The Labute approximate surface area is 191 Å². The highest BCUT2D eigenvalue weighted by Gasteiger charge is 2.29. The second kappa shape index (κ2) is 8.74. The molecule has 0 aliphatic heterocycles. The molecule has 2 aromatic heterocycles. The van der Waals surface area contributed by atoms with Crippen molar-refractivity contribution in [1.82, 2.24) is 24.6 Å². The molecule has 0 unspecified atom stereocenters. The van der Waals surface area contributed by atoms with E-state index in [2.05, 4.69) is 46.0 Å². The molecule has 0 radical (unpaired) electrons. The molecule has 0 N–H and O–H groups in total. The molecule has 0 atom stereocenters. The average molecular weight is 444 g/mol. The molecule has 1 aliphatic carbocycles. The molecule has 0 spiro atoms. The van der Waals surface area contributed by atoms with E-state index in [1.165, 1.54) is 11.8 Å². The standard InChI is InChI=1S/C25H25N5OS/c1-3-30-24(27-28-25(30)32-16-23(31)29(2)18-13-14-18)20-15-22(17-9-5-4-6-10-17)26-21-12-8-7-11-19(20)21/h4-12,15,18H,3,13-14,16H2,1-2H3. The summed E-state index contributed by atoms with van der Waals surface area (Å²) >= 11 is 1.46. The van der Waals surface area contributed by atoms with Gasteiger partial charge in [-0.1, -0.05) is 60.3 Å². The van der Waals surface area contributed by atoms with Crippen LogP contribution in [-0.4, -0.2) is 49.4 Å². The highest BCUT2D eigenvalue weighted by atomic mass is 32.2. The first-order valence-corrected chi connectivity index (χ1v) is 11.9. The van der Waals surface area contributed by atoms with Gasteiger partial charge in [-0.2, -0.15) is 0 Å². The van der Waals surface area contributed by atoms with E-state index in [1.54, 1.807) is 0 Å². The predicted molar refractivity (Wildman–Crippen MR) is 128 cm³/mol. The fourth-order valence-corrected chi connectivity index (χ4v) is 4.82. The second-order valence-corrected chi connectivity index (χ2v) is 8.96. The Morgan fingerprint density at radius 3 is 2.59 bits per heavy atom. The number of hydrogen-bond donors (Lipinski definition) is 0. The van der Waals surface area contributed by atoms with E-state index in [4.69, 9.17) is 4.98 Å². The van der Waals surface area contributed by atoms with Crippen LogP contribution in [0.25, 0.3) is 33.5 Å². The Balaban J connectivity index is 1.53. The van der Waals surface area contributed by atoms with E-state index in [0.717, 1.165) is 51.5 Å². The molecule has 0 bridgehead atoms. The van der Waals surface area contributed by atoms with Gasteiger partial charge in [-0.15, -0.1) is 10.2 Å². The predicted octanol–water partition coefficient (Wildman–Crippen LogP) is 4.89. The summed E-state index contributed by atoms with van der Waals surface area (Å²) in [7, 11) is 1.89. The minimum atomic E-state index is 0.144. The number of amides is 1. The molecule has 0 saturated heterocycles. The van der Waals surface area contributed by atoms with Crippen LogP contribution in [-0.2, 0) is 11.3 Å². The van der Waals surface area contributed by atoms with E-state index in [1.807, 2.05) is 48.3 Å². The van der Waals surface area contributed by atoms with Gasteiger partial charge in [-0.05, 0) is 31.9 Å². The average Bonchev–Trinajstić information content (AvgIpc) is 3.61. The zero-order valence-electron chi connectivity index (χ0n) is 18.2. The monoisotopic (exact) mass is 443 g/mol. The molecule has 5 rings (SSSR count). The maximum atomic E-state index is 12.5. The summed E-state index contributed by atoms with van der Waals surface area (Å²) in [6, 6.07) is 20.8. The van der Waals surface area contributed by atoms with Crippen LogP contribution < -0.4 is 0 Å². The lowest BCUT2D eigenvalue weighted by Crippen LogP contribution is -2.30. The minimum Gasteiger partial charge on any atom is -0.342 e. The van der Waals surface area contributed by atoms with Gasteiger partial charge in [0.05, 0.1) is 17.0 Å². The van der Waals surface area contributed by atoms with Crippen LogP contribution >= 0.6 is 11.8 Å². The lowest BCUT2D eigenvalue weighted by Gasteiger charge is -2.16. The fourth-order valence-electron chi connectivity index (χ4n) is 3.89. The summed E-state index contributed by atoms with van der Waals surface area (Å²) in [6.07, 6.45) is 2.22. The van der Waals surface area contributed by atoms with Gasteiger partial charge in [0.15, 0.2) is 11.0 Å². The van der Waals surface area contributed by atoms with Crippen molar-refractivity contribution in [3.05, 3.63) is 60.7 Å². The molecule has 1 saturated carbocycles. The summed E-state index contributed by atoms with van der Waals surface area (Å²) in [5.41, 5.74) is 3.88. The number of carbonyl (C=O) groups excluding carboxylic acids is 1. The van der Waals surface area contributed by atoms with Crippen molar-refractivity contribution in [2.24, 2.45) is 0 Å². The SMILES string of the molecule is CCn1c(SCC(=O)N(C)C2CC2)nnc1-c1cc(-c2ccccc2)nc2ccccc12. The zero-order valence-corrected chi connectivity index (χ0v) is 19.0. The summed E-state index contributed by atoms with van der Waals surface area (Å²) in [6.45, 7) is 2.80. The fraction of sp³-hybridized carbons (Fsp3) is 0.280. The summed E-state index contributed by atoms with van der Waals surface area (Å²) in [5, 5.41) is 10.8. The molecule has 2 aromatic carbocycles. The second-order valence-electron chi connectivity index (χ2n) is 8.01. The first-order valence-electron chi connectivity index (χ1n) is 10.9. The molecule has 162 valence electrons. The third-order valence-electron chi connectivity index (χ3n) is 5.87. The van der Waals surface area contributed by atoms with Crippen molar-refractivity contribution in [3.8, 4) is 22.6 Å². The third kappa shape index (κ3) is 4.00. The van der Waals surface area contributed by atoms with Crippen molar-refractivity contribution >= 4 is 28.6 Å². The van der Waals surface area contributed by atoms with E-state index in [0.29, 0.717) is 18.3 Å². The van der Waals surface area contributed by atoms with Crippen LogP contribution in [0.2, 0.25) is 0 Å². The smallest absolute Gasteiger partial charge is 0.233 e. The van der Waals surface area contributed by atoms with Crippen molar-refractivity contribution in [2.45, 2.75) is 37.5 Å². The molecule has 4 aromatic rings. The number of pyridine rings is 1. The highest BCUT2D eigenvalue weighted by Crippen LogP contribution is 2.33. The Bertz CT molecular complexity index is 1270. The summed E-state index contributed by atoms with van der Waals surface area (Å²) < 4.78 is 2.09. The molecule has 1 amide bonds. The zero-order chi connectivity index (χ0) is 22.1. The number of thioether (sulfide) groups is 1. The molecule has 1 aliphatic rings. The van der Waals surface area contributed by atoms with E-state index in [9.17, 15) is 4.79 Å². The van der Waals surface area contributed by atoms with E-state index in [-0.39, 0.29) is 5.91 Å². The van der Waals surface area contributed by atoms with Crippen molar-refractivity contribution in [1.29, 1.82) is 0 Å². The number of carbonyl (C=O) groups is 1. The Hall–Kier alpha value is -3.19. The lowest BCUT2D eigenvalue weighted by molar-refractivity contribution is -0.127. The maximum absolute atomic E-state index is 12.5. The molecule has 32 heavy (non-hydrogen) atoms. The number of fused-ring (bicyclic) bond motifs is 1. The minimum absolute atomic E-state index is 0.144. The Morgan fingerprint density at radius 2 is 1.84 bits per heavy atom. The normalized spacial score (nSPS) is 13.4. The van der Waals surface area contributed by atoms with Crippen LogP contribution in [0.1, 0.15) is 19.8 Å². The maximum Gasteiger partial charge on any atom is 0.233 e. The van der Waals surface area contributed by atoms with Gasteiger partial charge in [0.1, 0.15) is 0 Å². The number of para-hydroxylation sites is 1. The van der Waals surface area contributed by atoms with Crippen LogP contribution in [0, 0.1) is 0 Å². The number of benzene rings is 2. The largest absolute Gasteiger partial charge is 0.342 e. The summed E-state index contributed by atoms with van der Waals surface area (Å²) in [5.74, 6) is 1.32. The number of aromatic nitrogens is 4. The first-order chi connectivity index (χ1) is 15.7. The van der Waals surface area contributed by atoms with Crippen LogP contribution in [0.3, 0.4) is 0 Å². The van der Waals surface area contributed by atoms with Crippen molar-refractivity contribution < 1.29 is 4.79 Å². The first kappa shape index (κ1) is 20.7. The number of hydrogen-bond acceptors (Lipinski definition) is 5. The third-order valence-corrected chi connectivity index (χ3v) is 6.82. The molecular weight excluding hydrogens is 418 g/mol. The van der Waals surface area contributed by atoms with Gasteiger partial charge in [0.25, 0.3) is 0 Å². The lowest BCUT2D eigenvalue weighted by atomic mass is 10.0. The quantitative estimate of drug-likeness (QED) is 0.381. The highest BCUT2D eigenvalue weighted by molar-refractivity contribution is 7.99. The number of rotatable bonds is 7. The van der Waals surface area contributed by atoms with E-state index >= 15 is 0 Å². The van der Waals surface area contributed by atoms with Gasteiger partial charge >= 0.3 is 0 Å². The van der Waals surface area contributed by atoms with Crippen LogP contribution in [0.15, 0.2) is 65.8 Å². The Kier molecular flexibility index (Phi) is 5.66. The number of nitrogens with zero attached hydrogens (tertiary/aromatic N) is 5. The molecule has 2 heterocycles. The van der Waals surface area contributed by atoms with Gasteiger partial charge < -0.3 is 9.47 Å². The van der Waals surface area contributed by atoms with Gasteiger partial charge in [0, 0.05) is 36.1 Å². The van der Waals surface area contributed by atoms with Crippen molar-refractivity contribution in [2.75, 3.05) is 12.8 Å².